The summed E-state index contributed by atoms with van der Waals surface area (Å²) in [7, 11) is 1.25. The number of carbonyl (C=O) groups is 1. The third-order valence-electron chi connectivity index (χ3n) is 1.60. The Morgan fingerprint density at radius 3 is 2.50 bits per heavy atom. The molecule has 0 amide bonds. The Morgan fingerprint density at radius 2 is 2.17 bits per heavy atom. The molecule has 0 bridgehead atoms. The summed E-state index contributed by atoms with van der Waals surface area (Å²) in [5.41, 5.74) is 0. The molecule has 1 saturated heterocycles. The molecular weight excluding hydrogens is 164 g/mol. The first kappa shape index (κ1) is 9.44. The van der Waals surface area contributed by atoms with E-state index in [-0.39, 0.29) is 6.10 Å². The van der Waals surface area contributed by atoms with Gasteiger partial charge in [-0.3, -0.25) is 0 Å². The monoisotopic (exact) mass is 176 g/mol. The molecule has 5 heteroatoms. The molecular formula is C7H12O5. The minimum absolute atomic E-state index is 0.105. The predicted molar refractivity (Wildman–Crippen MR) is 37.8 cm³/mol. The van der Waals surface area contributed by atoms with E-state index in [0.717, 1.165) is 6.42 Å². The van der Waals surface area contributed by atoms with Gasteiger partial charge in [0, 0.05) is 0 Å². The van der Waals surface area contributed by atoms with Gasteiger partial charge in [-0.2, -0.15) is 9.78 Å². The van der Waals surface area contributed by atoms with Crippen molar-refractivity contribution in [1.82, 2.24) is 0 Å². The molecule has 1 fully saturated rings. The molecule has 12 heavy (non-hydrogen) atoms. The van der Waals surface area contributed by atoms with Gasteiger partial charge < -0.3 is 9.47 Å². The molecule has 0 spiro atoms. The van der Waals surface area contributed by atoms with Crippen LogP contribution < -0.4 is 0 Å². The van der Waals surface area contributed by atoms with Crippen molar-refractivity contribution >= 4 is 5.97 Å². The zero-order valence-corrected chi connectivity index (χ0v) is 7.33. The fourth-order valence-electron chi connectivity index (χ4n) is 0.666. The lowest BCUT2D eigenvalue weighted by Crippen LogP contribution is -2.32. The maximum atomic E-state index is 11.0. The second-order valence-corrected chi connectivity index (χ2v) is 2.55. The molecule has 0 aromatic heterocycles. The summed E-state index contributed by atoms with van der Waals surface area (Å²) in [5, 5.41) is 0. The van der Waals surface area contributed by atoms with E-state index in [1.807, 2.05) is 13.8 Å². The van der Waals surface area contributed by atoms with Crippen molar-refractivity contribution in [3.8, 4) is 0 Å². The van der Waals surface area contributed by atoms with Crippen molar-refractivity contribution < 1.29 is 24.0 Å². The highest BCUT2D eigenvalue weighted by Crippen LogP contribution is 2.33. The highest BCUT2D eigenvalue weighted by molar-refractivity contribution is 5.77. The molecule has 0 aromatic rings. The van der Waals surface area contributed by atoms with E-state index >= 15 is 0 Å². The number of carbonyl (C=O) groups excluding carboxylic acids is 1. The number of hydrogen-bond donors (Lipinski definition) is 0. The molecule has 1 atom stereocenters. The Morgan fingerprint density at radius 1 is 1.58 bits per heavy atom. The van der Waals surface area contributed by atoms with Crippen molar-refractivity contribution in [2.24, 2.45) is 0 Å². The second-order valence-electron chi connectivity index (χ2n) is 2.55. The summed E-state index contributed by atoms with van der Waals surface area (Å²) in [5.74, 6) is -2.24. The second kappa shape index (κ2) is 3.38. The zero-order valence-electron chi connectivity index (χ0n) is 7.33. The molecule has 1 rings (SSSR count). The van der Waals surface area contributed by atoms with Crippen LogP contribution in [0, 0.1) is 0 Å². The fourth-order valence-corrected chi connectivity index (χ4v) is 0.666. The third kappa shape index (κ3) is 1.74. The van der Waals surface area contributed by atoms with E-state index in [9.17, 15) is 4.79 Å². The maximum Gasteiger partial charge on any atom is 0.440 e. The lowest BCUT2D eigenvalue weighted by molar-refractivity contribution is -0.179. The van der Waals surface area contributed by atoms with E-state index in [0.29, 0.717) is 0 Å². The van der Waals surface area contributed by atoms with Crippen LogP contribution in [-0.2, 0) is 24.0 Å². The smallest absolute Gasteiger partial charge is 0.440 e. The van der Waals surface area contributed by atoms with Crippen LogP contribution in [0.2, 0.25) is 0 Å². The first-order valence-electron chi connectivity index (χ1n) is 3.77. The molecule has 0 aromatic carbocycles. The Labute approximate surface area is 70.5 Å². The minimum Gasteiger partial charge on any atom is -0.463 e. The van der Waals surface area contributed by atoms with Crippen molar-refractivity contribution in [3.05, 3.63) is 0 Å². The zero-order chi connectivity index (χ0) is 9.19. The van der Waals surface area contributed by atoms with Gasteiger partial charge in [-0.15, -0.1) is 0 Å². The molecule has 0 aliphatic carbocycles. The van der Waals surface area contributed by atoms with E-state index < -0.39 is 11.9 Å². The number of methoxy groups -OCH3 is 1. The standard InChI is InChI=1S/C7H12O5/c1-4-5(2)10-7(11-12-7)6(8)9-3/h5H,4H2,1-3H3. The first-order valence-corrected chi connectivity index (χ1v) is 3.77. The normalized spacial score (nSPS) is 21.6. The van der Waals surface area contributed by atoms with Crippen LogP contribution in [0.5, 0.6) is 0 Å². The van der Waals surface area contributed by atoms with Gasteiger partial charge in [0.05, 0.1) is 13.2 Å². The molecule has 0 radical (unpaired) electrons. The summed E-state index contributed by atoms with van der Waals surface area (Å²) in [4.78, 5) is 19.8. The van der Waals surface area contributed by atoms with Gasteiger partial charge in [-0.05, 0) is 13.3 Å². The van der Waals surface area contributed by atoms with Crippen molar-refractivity contribution in [2.45, 2.75) is 32.3 Å². The summed E-state index contributed by atoms with van der Waals surface area (Å²) in [6.45, 7) is 3.74. The summed E-state index contributed by atoms with van der Waals surface area (Å²) >= 11 is 0. The molecule has 0 N–H and O–H groups in total. The third-order valence-corrected chi connectivity index (χ3v) is 1.60. The van der Waals surface area contributed by atoms with Crippen LogP contribution >= 0.6 is 0 Å². The topological polar surface area (TPSA) is 60.6 Å². The Balaban J connectivity index is 2.44. The molecule has 0 saturated carbocycles. The number of rotatable bonds is 4. The van der Waals surface area contributed by atoms with Gasteiger partial charge in [-0.1, -0.05) is 6.92 Å². The van der Waals surface area contributed by atoms with Gasteiger partial charge in [-0.25, -0.2) is 4.79 Å². The largest absolute Gasteiger partial charge is 0.463 e. The summed E-state index contributed by atoms with van der Waals surface area (Å²) < 4.78 is 9.54. The molecule has 1 heterocycles. The van der Waals surface area contributed by atoms with Crippen LogP contribution in [0.1, 0.15) is 20.3 Å². The minimum atomic E-state index is -1.58. The van der Waals surface area contributed by atoms with Gasteiger partial charge in [0.1, 0.15) is 0 Å². The molecule has 5 nitrogen and oxygen atoms in total. The quantitative estimate of drug-likeness (QED) is 0.356. The van der Waals surface area contributed by atoms with Crippen LogP contribution in [0.3, 0.4) is 0 Å². The lowest BCUT2D eigenvalue weighted by Gasteiger charge is -2.11. The summed E-state index contributed by atoms with van der Waals surface area (Å²) in [6.07, 6.45) is 0.664. The van der Waals surface area contributed by atoms with Crippen LogP contribution in [-0.4, -0.2) is 25.2 Å². The van der Waals surface area contributed by atoms with E-state index in [2.05, 4.69) is 14.5 Å². The fraction of sp³-hybridized carbons (Fsp3) is 0.857. The molecule has 1 unspecified atom stereocenters. The van der Waals surface area contributed by atoms with Gasteiger partial charge in [0.15, 0.2) is 0 Å². The average molecular weight is 176 g/mol. The molecule has 1 aliphatic heterocycles. The Hall–Kier alpha value is -0.650. The van der Waals surface area contributed by atoms with Crippen LogP contribution in [0.4, 0.5) is 0 Å². The van der Waals surface area contributed by atoms with Crippen molar-refractivity contribution in [2.75, 3.05) is 7.11 Å². The molecule has 70 valence electrons. The van der Waals surface area contributed by atoms with Gasteiger partial charge in [0.2, 0.25) is 0 Å². The van der Waals surface area contributed by atoms with Crippen molar-refractivity contribution in [1.29, 1.82) is 0 Å². The highest BCUT2D eigenvalue weighted by Gasteiger charge is 2.61. The SMILES string of the molecule is CCC(C)OC1(C(=O)OC)OO1. The highest BCUT2D eigenvalue weighted by atomic mass is 17.5. The van der Waals surface area contributed by atoms with E-state index in [1.165, 1.54) is 7.11 Å². The number of esters is 1. The van der Waals surface area contributed by atoms with Gasteiger partial charge in [0.25, 0.3) is 0 Å². The van der Waals surface area contributed by atoms with E-state index in [1.54, 1.807) is 0 Å². The average Bonchev–Trinajstić information content (AvgIpc) is 2.84. The maximum absolute atomic E-state index is 11.0. The number of ether oxygens (including phenoxy) is 2. The van der Waals surface area contributed by atoms with Crippen LogP contribution in [0.15, 0.2) is 0 Å². The Bertz CT molecular complexity index is 175. The molecule has 1 aliphatic rings. The lowest BCUT2D eigenvalue weighted by atomic mass is 10.3. The van der Waals surface area contributed by atoms with Crippen LogP contribution in [0.25, 0.3) is 0 Å². The van der Waals surface area contributed by atoms with E-state index in [4.69, 9.17) is 4.74 Å². The Kier molecular flexibility index (Phi) is 2.66. The summed E-state index contributed by atoms with van der Waals surface area (Å²) in [6, 6.07) is 0. The number of hydrogen-bond acceptors (Lipinski definition) is 5. The van der Waals surface area contributed by atoms with Crippen molar-refractivity contribution in [3.63, 3.8) is 0 Å². The predicted octanol–water partition coefficient (Wildman–Crippen LogP) is 0.590. The first-order chi connectivity index (χ1) is 5.64. The van der Waals surface area contributed by atoms with Gasteiger partial charge >= 0.3 is 11.9 Å².